The molecule has 1 spiro atoms. The highest BCUT2D eigenvalue weighted by atomic mass is 16.2. The van der Waals surface area contributed by atoms with Crippen molar-refractivity contribution in [3.05, 3.63) is 0 Å². The van der Waals surface area contributed by atoms with Crippen molar-refractivity contribution in [1.82, 2.24) is 20.9 Å². The van der Waals surface area contributed by atoms with Crippen LogP contribution in [-0.4, -0.2) is 60.9 Å². The van der Waals surface area contributed by atoms with Crippen molar-refractivity contribution in [3.63, 3.8) is 0 Å². The zero-order valence-corrected chi connectivity index (χ0v) is 16.1. The fourth-order valence-corrected chi connectivity index (χ4v) is 3.60. The maximum absolute atomic E-state index is 12.0. The summed E-state index contributed by atoms with van der Waals surface area (Å²) in [6, 6.07) is 0. The van der Waals surface area contributed by atoms with Gasteiger partial charge < -0.3 is 20.9 Å². The van der Waals surface area contributed by atoms with E-state index in [0.29, 0.717) is 19.4 Å². The second-order valence-corrected chi connectivity index (χ2v) is 8.26. The van der Waals surface area contributed by atoms with Crippen molar-refractivity contribution in [2.75, 3.05) is 32.7 Å². The molecule has 2 saturated heterocycles. The van der Waals surface area contributed by atoms with Gasteiger partial charge in [-0.25, -0.2) is 0 Å². The van der Waals surface area contributed by atoms with E-state index in [9.17, 15) is 9.59 Å². The summed E-state index contributed by atoms with van der Waals surface area (Å²) in [5.74, 6) is 1.03. The van der Waals surface area contributed by atoms with Crippen molar-refractivity contribution >= 4 is 17.8 Å². The van der Waals surface area contributed by atoms with Gasteiger partial charge in [0.25, 0.3) is 0 Å². The lowest BCUT2D eigenvalue weighted by molar-refractivity contribution is -0.122. The minimum atomic E-state index is -0.216. The van der Waals surface area contributed by atoms with E-state index in [1.54, 1.807) is 0 Å². The van der Waals surface area contributed by atoms with Crippen molar-refractivity contribution in [2.24, 2.45) is 10.4 Å². The zero-order valence-electron chi connectivity index (χ0n) is 16.1. The van der Waals surface area contributed by atoms with Gasteiger partial charge in [-0.2, -0.15) is 0 Å². The molecule has 0 aromatic rings. The van der Waals surface area contributed by atoms with Gasteiger partial charge in [0, 0.05) is 50.0 Å². The summed E-state index contributed by atoms with van der Waals surface area (Å²) < 4.78 is 0. The van der Waals surface area contributed by atoms with Crippen LogP contribution in [0.4, 0.5) is 0 Å². The number of rotatable bonds is 4. The Morgan fingerprint density at radius 2 is 2.16 bits per heavy atom. The molecule has 7 heteroatoms. The maximum atomic E-state index is 12.0. The first-order valence-electron chi connectivity index (χ1n) is 9.34. The van der Waals surface area contributed by atoms with Crippen molar-refractivity contribution in [2.45, 2.75) is 58.9 Å². The molecule has 142 valence electrons. The second kappa shape index (κ2) is 8.06. The number of carbonyl (C=O) groups is 2. The molecule has 2 heterocycles. The first-order chi connectivity index (χ1) is 11.7. The van der Waals surface area contributed by atoms with Crippen molar-refractivity contribution in [1.29, 1.82) is 0 Å². The molecule has 3 N–H and O–H groups in total. The van der Waals surface area contributed by atoms with E-state index in [-0.39, 0.29) is 22.8 Å². The van der Waals surface area contributed by atoms with Crippen molar-refractivity contribution < 1.29 is 9.59 Å². The molecule has 0 aromatic carbocycles. The third kappa shape index (κ3) is 5.90. The Bertz CT molecular complexity index is 526. The molecule has 0 radical (unpaired) electrons. The Labute approximate surface area is 151 Å². The summed E-state index contributed by atoms with van der Waals surface area (Å²) >= 11 is 0. The average Bonchev–Trinajstić information content (AvgIpc) is 2.85. The van der Waals surface area contributed by atoms with Gasteiger partial charge in [-0.1, -0.05) is 0 Å². The van der Waals surface area contributed by atoms with Crippen LogP contribution in [0.1, 0.15) is 53.4 Å². The fourth-order valence-electron chi connectivity index (χ4n) is 3.60. The van der Waals surface area contributed by atoms with Crippen LogP contribution in [0.25, 0.3) is 0 Å². The first kappa shape index (κ1) is 19.5. The topological polar surface area (TPSA) is 85.8 Å². The predicted octanol–water partition coefficient (Wildman–Crippen LogP) is 0.859. The summed E-state index contributed by atoms with van der Waals surface area (Å²) in [7, 11) is 0. The van der Waals surface area contributed by atoms with E-state index < -0.39 is 0 Å². The normalized spacial score (nSPS) is 24.4. The van der Waals surface area contributed by atoms with Crippen LogP contribution in [-0.2, 0) is 9.59 Å². The average molecular weight is 351 g/mol. The molecule has 2 aliphatic heterocycles. The highest BCUT2D eigenvalue weighted by Gasteiger charge is 2.42. The summed E-state index contributed by atoms with van der Waals surface area (Å²) in [5, 5.41) is 9.26. The van der Waals surface area contributed by atoms with E-state index in [0.717, 1.165) is 45.0 Å². The van der Waals surface area contributed by atoms with Gasteiger partial charge in [-0.3, -0.25) is 14.6 Å². The van der Waals surface area contributed by atoms with Gasteiger partial charge in [0.1, 0.15) is 0 Å². The van der Waals surface area contributed by atoms with Crippen LogP contribution in [0, 0.1) is 5.41 Å². The third-order valence-electron chi connectivity index (χ3n) is 4.61. The Morgan fingerprint density at radius 1 is 1.40 bits per heavy atom. The van der Waals surface area contributed by atoms with E-state index in [2.05, 4.69) is 25.8 Å². The molecular formula is C18H33N5O2. The van der Waals surface area contributed by atoms with E-state index in [1.165, 1.54) is 0 Å². The number of piperidine rings is 1. The molecule has 1 atom stereocenters. The van der Waals surface area contributed by atoms with E-state index in [1.807, 2.05) is 27.7 Å². The third-order valence-corrected chi connectivity index (χ3v) is 4.61. The number of amides is 2. The lowest BCUT2D eigenvalue weighted by atomic mass is 9.79. The molecular weight excluding hydrogens is 318 g/mol. The molecule has 2 aliphatic rings. The van der Waals surface area contributed by atoms with Gasteiger partial charge in [-0.05, 0) is 40.5 Å². The Balaban J connectivity index is 1.94. The summed E-state index contributed by atoms with van der Waals surface area (Å²) in [6.07, 6.45) is 3.13. The molecule has 7 nitrogen and oxygen atoms in total. The van der Waals surface area contributed by atoms with Gasteiger partial charge in [0.2, 0.25) is 11.8 Å². The number of guanidine groups is 1. The molecule has 0 bridgehead atoms. The lowest BCUT2D eigenvalue weighted by Gasteiger charge is -2.40. The Morgan fingerprint density at radius 3 is 2.76 bits per heavy atom. The quantitative estimate of drug-likeness (QED) is 0.518. The van der Waals surface area contributed by atoms with Gasteiger partial charge >= 0.3 is 0 Å². The molecule has 0 aromatic heterocycles. The first-order valence-corrected chi connectivity index (χ1v) is 9.34. The highest BCUT2D eigenvalue weighted by molar-refractivity contribution is 5.82. The lowest BCUT2D eigenvalue weighted by Crippen LogP contribution is -2.51. The number of nitrogens with zero attached hydrogens (tertiary/aromatic N) is 2. The number of likely N-dealkylation sites (tertiary alicyclic amines) is 1. The predicted molar refractivity (Wildman–Crippen MR) is 99.4 cm³/mol. The zero-order chi connectivity index (χ0) is 18.5. The molecule has 2 amide bonds. The van der Waals surface area contributed by atoms with E-state index >= 15 is 0 Å². The minimum Gasteiger partial charge on any atom is -0.357 e. The van der Waals surface area contributed by atoms with Crippen LogP contribution in [0.5, 0.6) is 0 Å². The van der Waals surface area contributed by atoms with Gasteiger partial charge in [-0.15, -0.1) is 0 Å². The van der Waals surface area contributed by atoms with Crippen molar-refractivity contribution in [3.8, 4) is 0 Å². The van der Waals surface area contributed by atoms with E-state index in [4.69, 9.17) is 0 Å². The molecule has 0 saturated carbocycles. The number of hydrogen-bond donors (Lipinski definition) is 3. The molecule has 0 aliphatic carbocycles. The Hall–Kier alpha value is -1.79. The summed E-state index contributed by atoms with van der Waals surface area (Å²) in [5.41, 5.74) is -0.179. The number of hydrogen-bond acceptors (Lipinski definition) is 3. The monoisotopic (exact) mass is 351 g/mol. The Kier molecular flexibility index (Phi) is 6.30. The van der Waals surface area contributed by atoms with Crippen LogP contribution in [0.15, 0.2) is 4.99 Å². The fraction of sp³-hybridized carbons (Fsp3) is 0.833. The van der Waals surface area contributed by atoms with Crippen LogP contribution < -0.4 is 16.0 Å². The SMILES string of the molecule is CCNC(=NCCC(=O)NC(C)(C)C)N1CCCC2(CNC(=O)C2)C1. The summed E-state index contributed by atoms with van der Waals surface area (Å²) in [6.45, 7) is 11.8. The summed E-state index contributed by atoms with van der Waals surface area (Å²) in [4.78, 5) is 30.5. The molecule has 1 unspecified atom stereocenters. The molecule has 2 fully saturated rings. The van der Waals surface area contributed by atoms with Crippen LogP contribution >= 0.6 is 0 Å². The maximum Gasteiger partial charge on any atom is 0.222 e. The smallest absolute Gasteiger partial charge is 0.222 e. The highest BCUT2D eigenvalue weighted by Crippen LogP contribution is 2.35. The van der Waals surface area contributed by atoms with Gasteiger partial charge in [0.15, 0.2) is 5.96 Å². The minimum absolute atomic E-state index is 0.0211. The molecule has 25 heavy (non-hydrogen) atoms. The molecule has 2 rings (SSSR count). The van der Waals surface area contributed by atoms with Crippen LogP contribution in [0.2, 0.25) is 0 Å². The number of nitrogens with one attached hydrogen (secondary N) is 3. The largest absolute Gasteiger partial charge is 0.357 e. The van der Waals surface area contributed by atoms with Gasteiger partial charge in [0.05, 0.1) is 6.54 Å². The standard InChI is InChI=1S/C18H33N5O2/c1-5-19-16(20-9-7-14(24)22-17(2,3)4)23-10-6-8-18(13-23)11-15(25)21-12-18/h5-13H2,1-4H3,(H,19,20)(H,21,25)(H,22,24). The van der Waals surface area contributed by atoms with Crippen LogP contribution in [0.3, 0.4) is 0 Å². The second-order valence-electron chi connectivity index (χ2n) is 8.26. The number of aliphatic imine (C=N–C) groups is 1. The number of carbonyl (C=O) groups excluding carboxylic acids is 2.